The van der Waals surface area contributed by atoms with E-state index in [-0.39, 0.29) is 23.8 Å². The van der Waals surface area contributed by atoms with Crippen LogP contribution in [-0.2, 0) is 27.5 Å². The van der Waals surface area contributed by atoms with Gasteiger partial charge in [0, 0.05) is 36.4 Å². The number of aromatic nitrogens is 1. The first-order valence-electron chi connectivity index (χ1n) is 8.74. The molecule has 0 bridgehead atoms. The Kier molecular flexibility index (Phi) is 5.56. The van der Waals surface area contributed by atoms with Gasteiger partial charge in [-0.05, 0) is 36.2 Å². The normalized spacial score (nSPS) is 16.3. The molecule has 3 rings (SSSR count). The van der Waals surface area contributed by atoms with Gasteiger partial charge in [0.25, 0.3) is 0 Å². The Balaban J connectivity index is 1.61. The number of nitrogens with one attached hydrogen (secondary N) is 1. The van der Waals surface area contributed by atoms with Gasteiger partial charge in [-0.3, -0.25) is 9.78 Å². The highest BCUT2D eigenvalue weighted by Gasteiger charge is 2.21. The van der Waals surface area contributed by atoms with Crippen LogP contribution in [0.25, 0.3) is 0 Å². The summed E-state index contributed by atoms with van der Waals surface area (Å²) in [6.45, 7) is 3.02. The zero-order chi connectivity index (χ0) is 18.6. The fourth-order valence-electron chi connectivity index (χ4n) is 2.89. The second-order valence-electron chi connectivity index (χ2n) is 6.43. The molecule has 0 aliphatic carbocycles. The maximum Gasteiger partial charge on any atom is 0.230 e. The van der Waals surface area contributed by atoms with Gasteiger partial charge >= 0.3 is 0 Å². The lowest BCUT2D eigenvalue weighted by atomic mass is 10.2. The summed E-state index contributed by atoms with van der Waals surface area (Å²) < 4.78 is 23.1. The summed E-state index contributed by atoms with van der Waals surface area (Å²) in [7, 11) is -2.91. The maximum absolute atomic E-state index is 12.3. The maximum atomic E-state index is 12.3. The smallest absolute Gasteiger partial charge is 0.230 e. The highest BCUT2D eigenvalue weighted by molar-refractivity contribution is 7.91. The van der Waals surface area contributed by atoms with Gasteiger partial charge in [0.05, 0.1) is 17.9 Å². The molecule has 1 aromatic heterocycles. The van der Waals surface area contributed by atoms with Crippen LogP contribution in [0.5, 0.6) is 0 Å². The minimum atomic E-state index is -2.91. The van der Waals surface area contributed by atoms with Crippen molar-refractivity contribution in [1.29, 1.82) is 0 Å². The summed E-state index contributed by atoms with van der Waals surface area (Å²) in [4.78, 5) is 18.6. The van der Waals surface area contributed by atoms with E-state index in [9.17, 15) is 13.2 Å². The Morgan fingerprint density at radius 2 is 1.96 bits per heavy atom. The molecule has 7 heteroatoms. The summed E-state index contributed by atoms with van der Waals surface area (Å²) in [5.41, 5.74) is 3.50. The van der Waals surface area contributed by atoms with Gasteiger partial charge in [0.2, 0.25) is 5.91 Å². The zero-order valence-electron chi connectivity index (χ0n) is 14.8. The van der Waals surface area contributed by atoms with Crippen molar-refractivity contribution in [3.05, 3.63) is 53.9 Å². The average molecular weight is 373 g/mol. The molecular formula is C19H23N3O3S. The molecule has 0 radical (unpaired) electrons. The monoisotopic (exact) mass is 373 g/mol. The van der Waals surface area contributed by atoms with E-state index in [1.165, 1.54) is 0 Å². The third kappa shape index (κ3) is 4.82. The number of hydrogen-bond donors (Lipinski definition) is 1. The van der Waals surface area contributed by atoms with E-state index in [4.69, 9.17) is 0 Å². The number of carbonyl (C=O) groups excluding carboxylic acids is 1. The third-order valence-electron chi connectivity index (χ3n) is 4.48. The topological polar surface area (TPSA) is 79.4 Å². The first-order chi connectivity index (χ1) is 12.4. The lowest BCUT2D eigenvalue weighted by molar-refractivity contribution is -0.115. The highest BCUT2D eigenvalue weighted by atomic mass is 32.2. The molecule has 0 spiro atoms. The molecule has 1 N–H and O–H groups in total. The zero-order valence-corrected chi connectivity index (χ0v) is 15.6. The van der Waals surface area contributed by atoms with Crippen LogP contribution in [0.3, 0.4) is 0 Å². The number of rotatable bonds is 5. The lowest BCUT2D eigenvalue weighted by Gasteiger charge is -2.29. The molecule has 138 valence electrons. The number of benzene rings is 1. The van der Waals surface area contributed by atoms with Gasteiger partial charge in [-0.2, -0.15) is 0 Å². The molecule has 1 saturated heterocycles. The quantitative estimate of drug-likeness (QED) is 0.868. The summed E-state index contributed by atoms with van der Waals surface area (Å²) in [5, 5.41) is 2.89. The van der Waals surface area contributed by atoms with Gasteiger partial charge in [-0.1, -0.05) is 19.1 Å². The van der Waals surface area contributed by atoms with E-state index in [0.29, 0.717) is 18.8 Å². The first kappa shape index (κ1) is 18.4. The Morgan fingerprint density at radius 1 is 1.19 bits per heavy atom. The number of anilines is 2. The van der Waals surface area contributed by atoms with E-state index >= 15 is 0 Å². The fourth-order valence-corrected chi connectivity index (χ4v) is 4.09. The fraction of sp³-hybridized carbons (Fsp3) is 0.368. The number of hydrogen-bond acceptors (Lipinski definition) is 5. The van der Waals surface area contributed by atoms with Crippen molar-refractivity contribution in [3.8, 4) is 0 Å². The Bertz CT molecular complexity index is 865. The standard InChI is InChI=1S/C19H23N3O3S/c1-2-15-6-7-16(20-14-15)13-19(23)21-17-4-3-5-18(12-17)22-8-10-26(24,25)11-9-22/h3-7,12,14H,2,8-11,13H2,1H3,(H,21,23). The van der Waals surface area contributed by atoms with Gasteiger partial charge in [-0.15, -0.1) is 0 Å². The predicted molar refractivity (Wildman–Crippen MR) is 103 cm³/mol. The van der Waals surface area contributed by atoms with Crippen LogP contribution >= 0.6 is 0 Å². The van der Waals surface area contributed by atoms with Crippen LogP contribution in [0.4, 0.5) is 11.4 Å². The number of amides is 1. The van der Waals surface area contributed by atoms with Crippen molar-refractivity contribution < 1.29 is 13.2 Å². The van der Waals surface area contributed by atoms with Crippen molar-refractivity contribution in [1.82, 2.24) is 4.98 Å². The van der Waals surface area contributed by atoms with Crippen LogP contribution in [0.15, 0.2) is 42.6 Å². The number of aryl methyl sites for hydroxylation is 1. The van der Waals surface area contributed by atoms with Crippen LogP contribution < -0.4 is 10.2 Å². The minimum absolute atomic E-state index is 0.125. The Morgan fingerprint density at radius 3 is 2.62 bits per heavy atom. The van der Waals surface area contributed by atoms with E-state index in [1.807, 2.05) is 41.3 Å². The van der Waals surface area contributed by atoms with Gasteiger partial charge < -0.3 is 10.2 Å². The molecule has 2 heterocycles. The van der Waals surface area contributed by atoms with Crippen molar-refractivity contribution in [3.63, 3.8) is 0 Å². The number of nitrogens with zero attached hydrogens (tertiary/aromatic N) is 2. The van der Waals surface area contributed by atoms with E-state index in [0.717, 1.165) is 23.4 Å². The molecule has 2 aromatic rings. The SMILES string of the molecule is CCc1ccc(CC(=O)Nc2cccc(N3CCS(=O)(=O)CC3)c2)nc1. The molecule has 1 amide bonds. The third-order valence-corrected chi connectivity index (χ3v) is 6.08. The van der Waals surface area contributed by atoms with E-state index < -0.39 is 9.84 Å². The second-order valence-corrected chi connectivity index (χ2v) is 8.73. The largest absolute Gasteiger partial charge is 0.369 e. The predicted octanol–water partition coefficient (Wildman–Crippen LogP) is 2.06. The summed E-state index contributed by atoms with van der Waals surface area (Å²) in [6, 6.07) is 11.4. The molecule has 0 saturated carbocycles. The van der Waals surface area contributed by atoms with Crippen molar-refractivity contribution in [2.75, 3.05) is 34.8 Å². The van der Waals surface area contributed by atoms with Crippen molar-refractivity contribution in [2.45, 2.75) is 19.8 Å². The number of pyridine rings is 1. The molecular weight excluding hydrogens is 350 g/mol. The summed E-state index contributed by atoms with van der Waals surface area (Å²) >= 11 is 0. The molecule has 1 fully saturated rings. The van der Waals surface area contributed by atoms with Gasteiger partial charge in [0.15, 0.2) is 9.84 Å². The van der Waals surface area contributed by atoms with Gasteiger partial charge in [0.1, 0.15) is 0 Å². The lowest BCUT2D eigenvalue weighted by Crippen LogP contribution is -2.40. The Labute approximate surface area is 154 Å². The molecule has 0 unspecified atom stereocenters. The first-order valence-corrected chi connectivity index (χ1v) is 10.6. The molecule has 26 heavy (non-hydrogen) atoms. The molecule has 1 aliphatic heterocycles. The Hall–Kier alpha value is -2.41. The molecule has 0 atom stereocenters. The van der Waals surface area contributed by atoms with Crippen molar-refractivity contribution >= 4 is 27.1 Å². The van der Waals surface area contributed by atoms with Crippen LogP contribution in [-0.4, -0.2) is 43.9 Å². The van der Waals surface area contributed by atoms with Crippen molar-refractivity contribution in [2.24, 2.45) is 0 Å². The summed E-state index contributed by atoms with van der Waals surface area (Å²) in [6.07, 6.45) is 2.94. The van der Waals surface area contributed by atoms with E-state index in [1.54, 1.807) is 6.20 Å². The van der Waals surface area contributed by atoms with E-state index in [2.05, 4.69) is 17.2 Å². The van der Waals surface area contributed by atoms with Crippen LogP contribution in [0.2, 0.25) is 0 Å². The number of sulfone groups is 1. The highest BCUT2D eigenvalue weighted by Crippen LogP contribution is 2.21. The number of carbonyl (C=O) groups is 1. The molecule has 6 nitrogen and oxygen atoms in total. The van der Waals surface area contributed by atoms with Gasteiger partial charge in [-0.25, -0.2) is 8.42 Å². The summed E-state index contributed by atoms with van der Waals surface area (Å²) in [5.74, 6) is 0.214. The second kappa shape index (κ2) is 7.86. The van der Waals surface area contributed by atoms with Crippen LogP contribution in [0.1, 0.15) is 18.2 Å². The minimum Gasteiger partial charge on any atom is -0.369 e. The molecule has 1 aromatic carbocycles. The average Bonchev–Trinajstić information content (AvgIpc) is 2.62. The van der Waals surface area contributed by atoms with Crippen LogP contribution in [0, 0.1) is 0 Å². The molecule has 1 aliphatic rings.